The van der Waals surface area contributed by atoms with Crippen molar-refractivity contribution in [3.05, 3.63) is 94.8 Å². The van der Waals surface area contributed by atoms with E-state index in [0.29, 0.717) is 18.5 Å². The van der Waals surface area contributed by atoms with Gasteiger partial charge in [0.25, 0.3) is 0 Å². The summed E-state index contributed by atoms with van der Waals surface area (Å²) in [6.07, 6.45) is -0.262. The average Bonchev–Trinajstić information content (AvgIpc) is 2.78. The molecule has 4 heteroatoms. The molecular weight excluding hydrogens is 413 g/mol. The van der Waals surface area contributed by atoms with E-state index in [-0.39, 0.29) is 24.1 Å². The van der Waals surface area contributed by atoms with Gasteiger partial charge in [-0.15, -0.1) is 0 Å². The highest BCUT2D eigenvalue weighted by Crippen LogP contribution is 2.27. The zero-order valence-corrected chi connectivity index (χ0v) is 20.4. The molecule has 3 nitrogen and oxygen atoms in total. The molecule has 0 aliphatic rings. The molecule has 0 spiro atoms. The highest BCUT2D eigenvalue weighted by Gasteiger charge is 2.21. The smallest absolute Gasteiger partial charge is 0.126 e. The van der Waals surface area contributed by atoms with E-state index in [0.717, 1.165) is 16.7 Å². The van der Waals surface area contributed by atoms with E-state index in [1.165, 1.54) is 11.1 Å². The van der Waals surface area contributed by atoms with Crippen molar-refractivity contribution in [1.29, 1.82) is 0 Å². The maximum absolute atomic E-state index is 14.2. The molecule has 0 saturated heterocycles. The van der Waals surface area contributed by atoms with E-state index >= 15 is 0 Å². The van der Waals surface area contributed by atoms with Crippen molar-refractivity contribution >= 4 is 0 Å². The molecule has 2 atom stereocenters. The Labute approximate surface area is 197 Å². The van der Waals surface area contributed by atoms with Crippen LogP contribution in [0.5, 0.6) is 0 Å². The second kappa shape index (κ2) is 11.1. The Morgan fingerprint density at radius 2 is 1.76 bits per heavy atom. The highest BCUT2D eigenvalue weighted by molar-refractivity contribution is 5.67. The van der Waals surface area contributed by atoms with E-state index in [1.54, 1.807) is 6.07 Å². The molecule has 0 saturated carbocycles. The van der Waals surface area contributed by atoms with Crippen LogP contribution in [-0.2, 0) is 11.2 Å². The van der Waals surface area contributed by atoms with Crippen LogP contribution in [0.3, 0.4) is 0 Å². The predicted molar refractivity (Wildman–Crippen MR) is 134 cm³/mol. The zero-order valence-electron chi connectivity index (χ0n) is 20.4. The molecule has 3 aromatic rings. The number of β-amino-alcohol motifs (C(OH)–C–C–N with tert-alkyl or cyclic N) is 1. The Morgan fingerprint density at radius 3 is 2.48 bits per heavy atom. The van der Waals surface area contributed by atoms with Crippen molar-refractivity contribution < 1.29 is 14.2 Å². The van der Waals surface area contributed by atoms with Crippen LogP contribution >= 0.6 is 0 Å². The minimum Gasteiger partial charge on any atom is -0.389 e. The minimum atomic E-state index is -0.658. The fraction of sp³-hybridized carbons (Fsp3) is 0.379. The fourth-order valence-corrected chi connectivity index (χ4v) is 3.99. The maximum Gasteiger partial charge on any atom is 0.126 e. The fourth-order valence-electron chi connectivity index (χ4n) is 3.99. The number of benzene rings is 3. The number of hydrogen-bond donors (Lipinski definition) is 2. The van der Waals surface area contributed by atoms with Crippen molar-refractivity contribution in [2.45, 2.75) is 58.8 Å². The number of aliphatic hydroxyl groups excluding tert-OH is 1. The van der Waals surface area contributed by atoms with Gasteiger partial charge in [-0.25, -0.2) is 4.39 Å². The summed E-state index contributed by atoms with van der Waals surface area (Å²) in [6.45, 7) is 10.6. The number of hydrogen-bond acceptors (Lipinski definition) is 3. The third kappa shape index (κ3) is 7.23. The lowest BCUT2D eigenvalue weighted by molar-refractivity contribution is -0.00417. The number of aliphatic hydroxyl groups is 1. The van der Waals surface area contributed by atoms with Crippen LogP contribution in [0.2, 0.25) is 0 Å². The predicted octanol–water partition coefficient (Wildman–Crippen LogP) is 6.16. The van der Waals surface area contributed by atoms with Crippen LogP contribution in [0.4, 0.5) is 4.39 Å². The zero-order chi connectivity index (χ0) is 24.0. The number of ether oxygens (including phenoxy) is 1. The molecule has 0 aromatic heterocycles. The van der Waals surface area contributed by atoms with Crippen molar-refractivity contribution in [3.8, 4) is 11.1 Å². The van der Waals surface area contributed by atoms with Gasteiger partial charge in [-0.3, -0.25) is 0 Å². The lowest BCUT2D eigenvalue weighted by Crippen LogP contribution is -2.46. The Balaban J connectivity index is 1.52. The van der Waals surface area contributed by atoms with Gasteiger partial charge in [0.1, 0.15) is 5.82 Å². The van der Waals surface area contributed by atoms with Gasteiger partial charge in [0.05, 0.1) is 18.8 Å². The summed E-state index contributed by atoms with van der Waals surface area (Å²) in [7, 11) is 0. The largest absolute Gasteiger partial charge is 0.389 e. The Bertz CT molecular complexity index is 1060. The summed E-state index contributed by atoms with van der Waals surface area (Å²) in [5, 5.41) is 13.8. The second-order valence-electron chi connectivity index (χ2n) is 9.61. The molecule has 0 bridgehead atoms. The van der Waals surface area contributed by atoms with E-state index in [1.807, 2.05) is 58.0 Å². The lowest BCUT2D eigenvalue weighted by Gasteiger charge is -2.28. The van der Waals surface area contributed by atoms with Crippen LogP contribution in [-0.4, -0.2) is 29.9 Å². The van der Waals surface area contributed by atoms with Crippen molar-refractivity contribution in [1.82, 2.24) is 5.32 Å². The SMILES string of the molecule is Cc1ccc(CC(C)(C)NC[C@@H](O)COC(C)c2cccc(-c3ccccc3C)c2)c(F)c1. The normalized spacial score (nSPS) is 13.7. The molecule has 3 aromatic carbocycles. The van der Waals surface area contributed by atoms with Crippen LogP contribution in [0.1, 0.15) is 49.1 Å². The van der Waals surface area contributed by atoms with Gasteiger partial charge in [-0.2, -0.15) is 0 Å². The highest BCUT2D eigenvalue weighted by atomic mass is 19.1. The first-order chi connectivity index (χ1) is 15.6. The lowest BCUT2D eigenvalue weighted by atomic mass is 9.94. The summed E-state index contributed by atoms with van der Waals surface area (Å²) < 4.78 is 20.2. The molecule has 1 unspecified atom stereocenters. The molecule has 0 aliphatic carbocycles. The molecule has 3 rings (SSSR count). The van der Waals surface area contributed by atoms with Gasteiger partial charge >= 0.3 is 0 Å². The molecule has 0 radical (unpaired) electrons. The van der Waals surface area contributed by atoms with Gasteiger partial charge in [-0.1, -0.05) is 54.6 Å². The van der Waals surface area contributed by atoms with E-state index in [2.05, 4.69) is 42.6 Å². The molecule has 2 N–H and O–H groups in total. The molecule has 0 fully saturated rings. The Hall–Kier alpha value is -2.53. The van der Waals surface area contributed by atoms with Crippen LogP contribution < -0.4 is 5.32 Å². The van der Waals surface area contributed by atoms with Crippen molar-refractivity contribution in [2.75, 3.05) is 13.2 Å². The molecule has 0 amide bonds. The Morgan fingerprint density at radius 1 is 1.00 bits per heavy atom. The summed E-state index contributed by atoms with van der Waals surface area (Å²) in [5.41, 5.74) is 5.91. The monoisotopic (exact) mass is 449 g/mol. The maximum atomic E-state index is 14.2. The first kappa shape index (κ1) is 25.1. The number of aryl methyl sites for hydroxylation is 2. The third-order valence-corrected chi connectivity index (χ3v) is 6.01. The molecule has 176 valence electrons. The summed E-state index contributed by atoms with van der Waals surface area (Å²) in [6, 6.07) is 22.0. The summed E-state index contributed by atoms with van der Waals surface area (Å²) in [5.74, 6) is -0.185. The van der Waals surface area contributed by atoms with Gasteiger partial charge in [0.2, 0.25) is 0 Å². The first-order valence-electron chi connectivity index (χ1n) is 11.6. The van der Waals surface area contributed by atoms with Crippen molar-refractivity contribution in [2.24, 2.45) is 0 Å². The quantitative estimate of drug-likeness (QED) is 0.390. The topological polar surface area (TPSA) is 41.5 Å². The minimum absolute atomic E-state index is 0.140. The van der Waals surface area contributed by atoms with Gasteiger partial charge < -0.3 is 15.2 Å². The van der Waals surface area contributed by atoms with Crippen LogP contribution in [0, 0.1) is 19.7 Å². The molecule has 33 heavy (non-hydrogen) atoms. The van der Waals surface area contributed by atoms with Gasteiger partial charge in [0, 0.05) is 12.1 Å². The molecule has 0 heterocycles. The average molecular weight is 450 g/mol. The standard InChI is InChI=1S/C29H36FNO2/c1-20-13-14-25(28(30)15-20)17-29(4,5)31-18-26(32)19-33-22(3)23-10-8-11-24(16-23)27-12-7-6-9-21(27)2/h6-16,22,26,31-32H,17-19H2,1-5H3/t22?,26-/m1/s1. The van der Waals surface area contributed by atoms with E-state index < -0.39 is 6.10 Å². The number of halogens is 1. The van der Waals surface area contributed by atoms with Gasteiger partial charge in [-0.05, 0) is 86.6 Å². The Kier molecular flexibility index (Phi) is 8.41. The van der Waals surface area contributed by atoms with Crippen LogP contribution in [0.15, 0.2) is 66.7 Å². The summed E-state index contributed by atoms with van der Waals surface area (Å²) >= 11 is 0. The van der Waals surface area contributed by atoms with E-state index in [9.17, 15) is 9.50 Å². The number of nitrogens with one attached hydrogen (secondary N) is 1. The third-order valence-electron chi connectivity index (χ3n) is 6.01. The van der Waals surface area contributed by atoms with E-state index in [4.69, 9.17) is 4.74 Å². The first-order valence-corrected chi connectivity index (χ1v) is 11.6. The van der Waals surface area contributed by atoms with Crippen LogP contribution in [0.25, 0.3) is 11.1 Å². The number of rotatable bonds is 10. The van der Waals surface area contributed by atoms with Gasteiger partial charge in [0.15, 0.2) is 0 Å². The molecule has 0 aliphatic heterocycles. The summed E-state index contributed by atoms with van der Waals surface area (Å²) in [4.78, 5) is 0. The second-order valence-corrected chi connectivity index (χ2v) is 9.61. The van der Waals surface area contributed by atoms with Crippen molar-refractivity contribution in [3.63, 3.8) is 0 Å². The molecular formula is C29H36FNO2.